The predicted molar refractivity (Wildman–Crippen MR) is 111 cm³/mol. The van der Waals surface area contributed by atoms with Gasteiger partial charge in [-0.05, 0) is 6.92 Å². The Kier molecular flexibility index (Phi) is 5.49. The molecule has 0 atom stereocenters. The number of aromatic nitrogens is 5. The Bertz CT molecular complexity index is 988. The summed E-state index contributed by atoms with van der Waals surface area (Å²) in [6.45, 7) is 4.84. The zero-order valence-corrected chi connectivity index (χ0v) is 17.2. The van der Waals surface area contributed by atoms with Crippen molar-refractivity contribution in [3.63, 3.8) is 0 Å². The first-order chi connectivity index (χ1) is 14.0. The second-order valence-electron chi connectivity index (χ2n) is 6.68. The van der Waals surface area contributed by atoms with E-state index < -0.39 is 5.82 Å². The van der Waals surface area contributed by atoms with Gasteiger partial charge in [0.05, 0.1) is 48.1 Å². The first-order valence-corrected chi connectivity index (χ1v) is 9.92. The first kappa shape index (κ1) is 19.4. The van der Waals surface area contributed by atoms with Gasteiger partial charge >= 0.3 is 0 Å². The molecule has 0 bridgehead atoms. The number of anilines is 4. The van der Waals surface area contributed by atoms with Gasteiger partial charge in [0, 0.05) is 27.2 Å². The second-order valence-corrected chi connectivity index (χ2v) is 7.66. The molecular weight excluding hydrogens is 395 g/mol. The molecule has 4 rings (SSSR count). The minimum atomic E-state index is -0.504. The summed E-state index contributed by atoms with van der Waals surface area (Å²) < 4.78 is 19.8. The van der Waals surface area contributed by atoms with Crippen molar-refractivity contribution in [2.45, 2.75) is 6.92 Å². The maximum absolute atomic E-state index is 14.4. The van der Waals surface area contributed by atoms with E-state index >= 15 is 0 Å². The highest BCUT2D eigenvalue weighted by Crippen LogP contribution is 2.34. The lowest BCUT2D eigenvalue weighted by Gasteiger charge is -2.28. The van der Waals surface area contributed by atoms with Gasteiger partial charge in [-0.15, -0.1) is 0 Å². The van der Waals surface area contributed by atoms with E-state index in [0.717, 1.165) is 30.1 Å². The van der Waals surface area contributed by atoms with Crippen LogP contribution in [-0.2, 0) is 4.74 Å². The van der Waals surface area contributed by atoms with Crippen LogP contribution in [0.1, 0.15) is 5.69 Å². The highest BCUT2D eigenvalue weighted by Gasteiger charge is 2.18. The molecule has 0 aromatic carbocycles. The van der Waals surface area contributed by atoms with Crippen molar-refractivity contribution in [1.82, 2.24) is 24.9 Å². The number of aryl methyl sites for hydroxylation is 1. The number of rotatable bonds is 5. The Labute approximate surface area is 171 Å². The van der Waals surface area contributed by atoms with Gasteiger partial charge in [0.25, 0.3) is 0 Å². The predicted octanol–water partition coefficient (Wildman–Crippen LogP) is 2.48. The van der Waals surface area contributed by atoms with Gasteiger partial charge in [0.2, 0.25) is 11.9 Å². The average molecular weight is 416 g/mol. The lowest BCUT2D eigenvalue weighted by atomic mass is 10.3. The standard InChI is InChI=1S/C18H21FN8OS/c1-11-15(29-18(23-11)26(2)3)14-13(19)10-22-17(24-14)25-16-20-8-12(9-21-16)27-4-6-28-7-5-27/h8-10H,4-7H2,1-3H3,(H,20,21,22,24,25). The van der Waals surface area contributed by atoms with Gasteiger partial charge in [0.1, 0.15) is 5.69 Å². The summed E-state index contributed by atoms with van der Waals surface area (Å²) >= 11 is 1.38. The van der Waals surface area contributed by atoms with Crippen LogP contribution < -0.4 is 15.1 Å². The molecule has 0 radical (unpaired) electrons. The molecule has 0 aliphatic carbocycles. The second kappa shape index (κ2) is 8.21. The fourth-order valence-electron chi connectivity index (χ4n) is 2.85. The molecule has 0 unspecified atom stereocenters. The number of thiazole rings is 1. The molecule has 29 heavy (non-hydrogen) atoms. The fraction of sp³-hybridized carbons (Fsp3) is 0.389. The van der Waals surface area contributed by atoms with Gasteiger partial charge in [-0.3, -0.25) is 5.32 Å². The topological polar surface area (TPSA) is 92.2 Å². The van der Waals surface area contributed by atoms with Crippen molar-refractivity contribution in [3.05, 3.63) is 30.1 Å². The molecule has 4 heterocycles. The lowest BCUT2D eigenvalue weighted by Crippen LogP contribution is -2.36. The molecule has 1 fully saturated rings. The van der Waals surface area contributed by atoms with E-state index in [1.807, 2.05) is 25.9 Å². The largest absolute Gasteiger partial charge is 0.378 e. The van der Waals surface area contributed by atoms with Gasteiger partial charge < -0.3 is 14.5 Å². The first-order valence-electron chi connectivity index (χ1n) is 9.10. The monoisotopic (exact) mass is 416 g/mol. The molecule has 152 valence electrons. The molecule has 1 saturated heterocycles. The summed E-state index contributed by atoms with van der Waals surface area (Å²) in [7, 11) is 3.78. The van der Waals surface area contributed by atoms with Crippen LogP contribution in [-0.4, -0.2) is 65.3 Å². The van der Waals surface area contributed by atoms with E-state index in [9.17, 15) is 4.39 Å². The normalized spacial score (nSPS) is 14.1. The zero-order chi connectivity index (χ0) is 20.4. The fourth-order valence-corrected chi connectivity index (χ4v) is 3.83. The van der Waals surface area contributed by atoms with Crippen LogP contribution in [0.2, 0.25) is 0 Å². The third kappa shape index (κ3) is 4.25. The summed E-state index contributed by atoms with van der Waals surface area (Å²) in [6.07, 6.45) is 4.62. The zero-order valence-electron chi connectivity index (χ0n) is 16.4. The molecule has 1 aliphatic rings. The van der Waals surface area contributed by atoms with Crippen LogP contribution in [0.25, 0.3) is 10.6 Å². The summed E-state index contributed by atoms with van der Waals surface area (Å²) in [5.74, 6) is 0.0606. The number of hydrogen-bond donors (Lipinski definition) is 1. The molecule has 1 N–H and O–H groups in total. The SMILES string of the molecule is Cc1nc(N(C)C)sc1-c1nc(Nc2ncc(N3CCOCC3)cn2)ncc1F. The van der Waals surface area contributed by atoms with Crippen LogP contribution >= 0.6 is 11.3 Å². The van der Waals surface area contributed by atoms with Gasteiger partial charge in [-0.2, -0.15) is 0 Å². The molecular formula is C18H21FN8OS. The van der Waals surface area contributed by atoms with Crippen molar-refractivity contribution < 1.29 is 9.13 Å². The number of hydrogen-bond acceptors (Lipinski definition) is 10. The third-order valence-electron chi connectivity index (χ3n) is 4.37. The van der Waals surface area contributed by atoms with Crippen LogP contribution in [0.4, 0.5) is 27.1 Å². The Morgan fingerprint density at radius 2 is 1.76 bits per heavy atom. The van der Waals surface area contributed by atoms with Crippen molar-refractivity contribution in [2.24, 2.45) is 0 Å². The molecule has 3 aromatic rings. The number of halogens is 1. The molecule has 0 saturated carbocycles. The van der Waals surface area contributed by atoms with Crippen molar-refractivity contribution in [2.75, 3.05) is 55.5 Å². The maximum atomic E-state index is 14.4. The quantitative estimate of drug-likeness (QED) is 0.673. The summed E-state index contributed by atoms with van der Waals surface area (Å²) in [5, 5.41) is 3.72. The van der Waals surface area contributed by atoms with Crippen LogP contribution in [0.3, 0.4) is 0 Å². The van der Waals surface area contributed by atoms with E-state index in [1.165, 1.54) is 11.3 Å². The molecule has 0 amide bonds. The van der Waals surface area contributed by atoms with E-state index in [-0.39, 0.29) is 11.6 Å². The lowest BCUT2D eigenvalue weighted by molar-refractivity contribution is 0.122. The van der Waals surface area contributed by atoms with Crippen molar-refractivity contribution in [1.29, 1.82) is 0 Å². The summed E-state index contributed by atoms with van der Waals surface area (Å²) in [5.41, 5.74) is 1.85. The minimum absolute atomic E-state index is 0.204. The van der Waals surface area contributed by atoms with Crippen molar-refractivity contribution in [3.8, 4) is 10.6 Å². The number of nitrogens with zero attached hydrogens (tertiary/aromatic N) is 7. The van der Waals surface area contributed by atoms with E-state index in [1.54, 1.807) is 12.4 Å². The minimum Gasteiger partial charge on any atom is -0.378 e. The maximum Gasteiger partial charge on any atom is 0.230 e. The molecule has 3 aromatic heterocycles. The van der Waals surface area contributed by atoms with E-state index in [2.05, 4.69) is 35.1 Å². The third-order valence-corrected chi connectivity index (χ3v) is 5.70. The Balaban J connectivity index is 1.55. The van der Waals surface area contributed by atoms with Crippen LogP contribution in [0, 0.1) is 12.7 Å². The Morgan fingerprint density at radius 1 is 1.07 bits per heavy atom. The highest BCUT2D eigenvalue weighted by atomic mass is 32.1. The van der Waals surface area contributed by atoms with Crippen LogP contribution in [0.15, 0.2) is 18.6 Å². The number of morpholine rings is 1. The Hall–Kier alpha value is -2.92. The summed E-state index contributed by atoms with van der Waals surface area (Å²) in [6, 6.07) is 0. The van der Waals surface area contributed by atoms with Crippen LogP contribution in [0.5, 0.6) is 0 Å². The van der Waals surface area contributed by atoms with E-state index in [0.29, 0.717) is 29.7 Å². The summed E-state index contributed by atoms with van der Waals surface area (Å²) in [4.78, 5) is 26.2. The Morgan fingerprint density at radius 3 is 2.41 bits per heavy atom. The highest BCUT2D eigenvalue weighted by molar-refractivity contribution is 7.19. The van der Waals surface area contributed by atoms with Gasteiger partial charge in [-0.25, -0.2) is 29.3 Å². The molecule has 1 aliphatic heterocycles. The van der Waals surface area contributed by atoms with Crippen molar-refractivity contribution >= 4 is 34.1 Å². The average Bonchev–Trinajstić information content (AvgIpc) is 3.12. The molecule has 11 heteroatoms. The number of nitrogens with one attached hydrogen (secondary N) is 1. The van der Waals surface area contributed by atoms with Gasteiger partial charge in [0.15, 0.2) is 10.9 Å². The number of ether oxygens (including phenoxy) is 1. The molecule has 0 spiro atoms. The smallest absolute Gasteiger partial charge is 0.230 e. The van der Waals surface area contributed by atoms with E-state index in [4.69, 9.17) is 4.74 Å². The molecule has 9 nitrogen and oxygen atoms in total. The van der Waals surface area contributed by atoms with Gasteiger partial charge in [-0.1, -0.05) is 11.3 Å².